The van der Waals surface area contributed by atoms with Crippen LogP contribution in [0.4, 0.5) is 27.4 Å². The minimum atomic E-state index is -0.578. The lowest BCUT2D eigenvalue weighted by Gasteiger charge is -2.36. The Morgan fingerprint density at radius 2 is 1.61 bits per heavy atom. The number of rotatable bonds is 6. The SMILES string of the molecule is O=C(NNc1ncnc(N2CCN(c3ccccc3F)CC2)c1[N+](=O)[O-])c1cccc2ccccc12. The Hall–Kier alpha value is -4.80. The van der Waals surface area contributed by atoms with Crippen molar-refractivity contribution >= 4 is 39.7 Å². The van der Waals surface area contributed by atoms with Crippen LogP contribution in [-0.2, 0) is 0 Å². The first-order chi connectivity index (χ1) is 17.5. The highest BCUT2D eigenvalue weighted by Crippen LogP contribution is 2.32. The molecule has 10 nitrogen and oxygen atoms in total. The van der Waals surface area contributed by atoms with Crippen molar-refractivity contribution in [1.29, 1.82) is 0 Å². The molecule has 0 saturated carbocycles. The Morgan fingerprint density at radius 1 is 0.917 bits per heavy atom. The molecule has 1 fully saturated rings. The number of anilines is 3. The monoisotopic (exact) mass is 487 g/mol. The molecular weight excluding hydrogens is 465 g/mol. The molecule has 3 aromatic carbocycles. The van der Waals surface area contributed by atoms with Crippen molar-refractivity contribution < 1.29 is 14.1 Å². The third kappa shape index (κ3) is 4.45. The van der Waals surface area contributed by atoms with Crippen LogP contribution >= 0.6 is 0 Å². The molecule has 0 unspecified atom stereocenters. The van der Waals surface area contributed by atoms with Gasteiger partial charge in [0.1, 0.15) is 12.1 Å². The highest BCUT2D eigenvalue weighted by atomic mass is 19.1. The van der Waals surface area contributed by atoms with Crippen LogP contribution in [-0.4, -0.2) is 47.0 Å². The van der Waals surface area contributed by atoms with Gasteiger partial charge in [-0.25, -0.2) is 14.4 Å². The fourth-order valence-corrected chi connectivity index (χ4v) is 4.33. The number of hydrogen-bond acceptors (Lipinski definition) is 8. The molecule has 0 aliphatic carbocycles. The Kier molecular flexibility index (Phi) is 6.27. The number of benzene rings is 3. The summed E-state index contributed by atoms with van der Waals surface area (Å²) in [5.41, 5.74) is 5.68. The van der Waals surface area contributed by atoms with E-state index in [2.05, 4.69) is 20.8 Å². The zero-order valence-corrected chi connectivity index (χ0v) is 19.1. The lowest BCUT2D eigenvalue weighted by Crippen LogP contribution is -2.47. The number of nitrogens with one attached hydrogen (secondary N) is 2. The van der Waals surface area contributed by atoms with Gasteiger partial charge >= 0.3 is 5.69 Å². The molecule has 1 aromatic heterocycles. The summed E-state index contributed by atoms with van der Waals surface area (Å²) in [5.74, 6) is -0.771. The number of nitrogens with zero attached hydrogens (tertiary/aromatic N) is 5. The number of carbonyl (C=O) groups is 1. The largest absolute Gasteiger partial charge is 0.366 e. The van der Waals surface area contributed by atoms with Gasteiger partial charge in [-0.2, -0.15) is 0 Å². The number of aromatic nitrogens is 2. The van der Waals surface area contributed by atoms with E-state index in [1.54, 1.807) is 35.2 Å². The normalized spacial score (nSPS) is 13.5. The summed E-state index contributed by atoms with van der Waals surface area (Å²) in [6.45, 7) is 1.72. The van der Waals surface area contributed by atoms with E-state index in [0.29, 0.717) is 37.4 Å². The smallest absolute Gasteiger partial charge is 0.355 e. The second kappa shape index (κ2) is 9.82. The van der Waals surface area contributed by atoms with Crippen LogP contribution < -0.4 is 20.7 Å². The number of nitro groups is 1. The lowest BCUT2D eigenvalue weighted by atomic mass is 10.0. The van der Waals surface area contributed by atoms with Crippen LogP contribution in [0, 0.1) is 15.9 Å². The molecule has 4 aromatic rings. The van der Waals surface area contributed by atoms with Gasteiger partial charge in [0.25, 0.3) is 5.91 Å². The molecule has 11 heteroatoms. The highest BCUT2D eigenvalue weighted by Gasteiger charge is 2.30. The third-order valence-corrected chi connectivity index (χ3v) is 6.09. The van der Waals surface area contributed by atoms with Crippen molar-refractivity contribution in [1.82, 2.24) is 15.4 Å². The fraction of sp³-hybridized carbons (Fsp3) is 0.160. The number of hydrazine groups is 1. The molecular formula is C25H22FN7O3. The predicted molar refractivity (Wildman–Crippen MR) is 135 cm³/mol. The molecule has 1 saturated heterocycles. The van der Waals surface area contributed by atoms with Crippen molar-refractivity contribution in [2.24, 2.45) is 0 Å². The van der Waals surface area contributed by atoms with Crippen LogP contribution in [0.15, 0.2) is 73.1 Å². The van der Waals surface area contributed by atoms with Crippen LogP contribution in [0.3, 0.4) is 0 Å². The van der Waals surface area contributed by atoms with Crippen molar-refractivity contribution in [2.45, 2.75) is 0 Å². The first-order valence-electron chi connectivity index (χ1n) is 11.3. The van der Waals surface area contributed by atoms with Gasteiger partial charge in [0.2, 0.25) is 11.6 Å². The van der Waals surface area contributed by atoms with E-state index in [1.165, 1.54) is 12.4 Å². The number of halogens is 1. The molecule has 0 spiro atoms. The molecule has 2 heterocycles. The summed E-state index contributed by atoms with van der Waals surface area (Å²) in [7, 11) is 0. The number of hydrogen-bond donors (Lipinski definition) is 2. The third-order valence-electron chi connectivity index (χ3n) is 6.09. The highest BCUT2D eigenvalue weighted by molar-refractivity contribution is 6.07. The Morgan fingerprint density at radius 3 is 2.39 bits per heavy atom. The van der Waals surface area contributed by atoms with Crippen LogP contribution in [0.1, 0.15) is 10.4 Å². The van der Waals surface area contributed by atoms with Gasteiger partial charge < -0.3 is 9.80 Å². The summed E-state index contributed by atoms with van der Waals surface area (Å²) >= 11 is 0. The van der Waals surface area contributed by atoms with Gasteiger partial charge in [-0.1, -0.05) is 48.5 Å². The molecule has 1 aliphatic heterocycles. The lowest BCUT2D eigenvalue weighted by molar-refractivity contribution is -0.383. The van der Waals surface area contributed by atoms with Gasteiger partial charge in [0, 0.05) is 31.7 Å². The quantitative estimate of drug-likeness (QED) is 0.312. The maximum Gasteiger partial charge on any atom is 0.355 e. The van der Waals surface area contributed by atoms with Gasteiger partial charge in [-0.05, 0) is 29.0 Å². The minimum absolute atomic E-state index is 0.130. The number of carbonyl (C=O) groups excluding carboxylic acids is 1. The van der Waals surface area contributed by atoms with Crippen molar-refractivity contribution in [3.63, 3.8) is 0 Å². The Bertz CT molecular complexity index is 1440. The van der Waals surface area contributed by atoms with Crippen molar-refractivity contribution in [2.75, 3.05) is 41.4 Å². The minimum Gasteiger partial charge on any atom is -0.366 e. The second-order valence-corrected chi connectivity index (χ2v) is 8.18. The molecule has 2 N–H and O–H groups in total. The summed E-state index contributed by atoms with van der Waals surface area (Å²) < 4.78 is 14.2. The maximum absolute atomic E-state index is 14.2. The van der Waals surface area contributed by atoms with Gasteiger partial charge in [-0.3, -0.25) is 25.8 Å². The van der Waals surface area contributed by atoms with Crippen LogP contribution in [0.25, 0.3) is 10.8 Å². The molecule has 0 radical (unpaired) electrons. The zero-order chi connectivity index (χ0) is 25.1. The van der Waals surface area contributed by atoms with Crippen molar-refractivity contribution in [3.8, 4) is 0 Å². The summed E-state index contributed by atoms with van der Waals surface area (Å²) in [5, 5.41) is 13.6. The first-order valence-corrected chi connectivity index (χ1v) is 11.3. The van der Waals surface area contributed by atoms with Crippen molar-refractivity contribution in [3.05, 3.63) is 94.6 Å². The molecule has 5 rings (SSSR count). The average Bonchev–Trinajstić information content (AvgIpc) is 2.91. The van der Waals surface area contributed by atoms with Crippen LogP contribution in [0.5, 0.6) is 0 Å². The number of para-hydroxylation sites is 1. The topological polar surface area (TPSA) is 117 Å². The molecule has 0 atom stereocenters. The fourth-order valence-electron chi connectivity index (χ4n) is 4.33. The average molecular weight is 487 g/mol. The van der Waals surface area contributed by atoms with E-state index in [4.69, 9.17) is 0 Å². The standard InChI is InChI=1S/C25H22FN7O3/c26-20-10-3-4-11-21(20)31-12-14-32(15-13-31)24-22(33(35)36)23(27-16-28-24)29-30-25(34)19-9-5-7-17-6-1-2-8-18(17)19/h1-11,16H,12-15H2,(H,30,34)(H,27,28,29). The van der Waals surface area contributed by atoms with E-state index >= 15 is 0 Å². The van der Waals surface area contributed by atoms with E-state index in [1.807, 2.05) is 35.2 Å². The first kappa shape index (κ1) is 23.0. The van der Waals surface area contributed by atoms with E-state index in [-0.39, 0.29) is 23.1 Å². The van der Waals surface area contributed by atoms with E-state index in [9.17, 15) is 19.3 Å². The van der Waals surface area contributed by atoms with Gasteiger partial charge in [-0.15, -0.1) is 0 Å². The maximum atomic E-state index is 14.2. The molecule has 1 aliphatic rings. The molecule has 0 bridgehead atoms. The number of amides is 1. The molecule has 1 amide bonds. The predicted octanol–water partition coefficient (Wildman–Crippen LogP) is 3.76. The van der Waals surface area contributed by atoms with Gasteiger partial charge in [0.05, 0.1) is 10.6 Å². The molecule has 182 valence electrons. The molecule has 36 heavy (non-hydrogen) atoms. The van der Waals surface area contributed by atoms with E-state index < -0.39 is 10.8 Å². The second-order valence-electron chi connectivity index (χ2n) is 8.18. The number of fused-ring (bicyclic) bond motifs is 1. The van der Waals surface area contributed by atoms with E-state index in [0.717, 1.165) is 10.8 Å². The number of piperazine rings is 1. The Balaban J connectivity index is 1.34. The summed E-state index contributed by atoms with van der Waals surface area (Å²) in [4.78, 5) is 36.1. The summed E-state index contributed by atoms with van der Waals surface area (Å²) in [6.07, 6.45) is 1.21. The van der Waals surface area contributed by atoms with Gasteiger partial charge in [0.15, 0.2) is 0 Å². The van der Waals surface area contributed by atoms with Crippen LogP contribution in [0.2, 0.25) is 0 Å². The zero-order valence-electron chi connectivity index (χ0n) is 19.1. The summed E-state index contributed by atoms with van der Waals surface area (Å²) in [6, 6.07) is 19.3. The Labute approximate surface area is 205 Å².